The molecule has 0 saturated heterocycles. The molecule has 17 heavy (non-hydrogen) atoms. The van der Waals surface area contributed by atoms with Crippen LogP contribution in [0.15, 0.2) is 27.1 Å². The SMILES string of the molecule is NC(CC1CCCCC1)c1cc(Br)cc(Br)c1. The van der Waals surface area contributed by atoms with Gasteiger partial charge in [-0.05, 0) is 36.1 Å². The summed E-state index contributed by atoms with van der Waals surface area (Å²) in [5.74, 6) is 0.830. The average molecular weight is 361 g/mol. The summed E-state index contributed by atoms with van der Waals surface area (Å²) >= 11 is 7.04. The molecule has 2 rings (SSSR count). The minimum absolute atomic E-state index is 0.173. The lowest BCUT2D eigenvalue weighted by atomic mass is 9.83. The second-order valence-corrected chi connectivity index (χ2v) is 6.88. The number of hydrogen-bond acceptors (Lipinski definition) is 1. The van der Waals surface area contributed by atoms with Crippen LogP contribution in [0.25, 0.3) is 0 Å². The maximum atomic E-state index is 6.32. The second kappa shape index (κ2) is 6.35. The highest BCUT2D eigenvalue weighted by Gasteiger charge is 2.18. The van der Waals surface area contributed by atoms with Crippen molar-refractivity contribution in [3.05, 3.63) is 32.7 Å². The zero-order chi connectivity index (χ0) is 12.3. The van der Waals surface area contributed by atoms with Crippen LogP contribution in [0.1, 0.15) is 50.1 Å². The third kappa shape index (κ3) is 4.08. The van der Waals surface area contributed by atoms with E-state index in [0.717, 1.165) is 21.3 Å². The van der Waals surface area contributed by atoms with E-state index in [1.807, 2.05) is 0 Å². The van der Waals surface area contributed by atoms with Crippen LogP contribution in [0.5, 0.6) is 0 Å². The molecule has 0 spiro atoms. The smallest absolute Gasteiger partial charge is 0.0298 e. The lowest BCUT2D eigenvalue weighted by Crippen LogP contribution is -2.17. The maximum Gasteiger partial charge on any atom is 0.0298 e. The van der Waals surface area contributed by atoms with Gasteiger partial charge in [0.15, 0.2) is 0 Å². The first kappa shape index (κ1) is 13.6. The molecular formula is C14H19Br2N. The van der Waals surface area contributed by atoms with Gasteiger partial charge in [0.2, 0.25) is 0 Å². The molecule has 1 aliphatic rings. The van der Waals surface area contributed by atoms with Crippen molar-refractivity contribution in [3.63, 3.8) is 0 Å². The highest BCUT2D eigenvalue weighted by molar-refractivity contribution is 9.11. The molecule has 0 heterocycles. The number of benzene rings is 1. The molecule has 1 saturated carbocycles. The average Bonchev–Trinajstić information content (AvgIpc) is 2.29. The molecule has 2 N–H and O–H groups in total. The van der Waals surface area contributed by atoms with Crippen LogP contribution in [0.2, 0.25) is 0 Å². The highest BCUT2D eigenvalue weighted by atomic mass is 79.9. The Kier molecular flexibility index (Phi) is 5.07. The van der Waals surface area contributed by atoms with Crippen LogP contribution in [-0.2, 0) is 0 Å². The molecular weight excluding hydrogens is 342 g/mol. The van der Waals surface area contributed by atoms with E-state index in [9.17, 15) is 0 Å². The first-order valence-corrected chi connectivity index (χ1v) is 7.95. The lowest BCUT2D eigenvalue weighted by Gasteiger charge is -2.25. The molecule has 1 nitrogen and oxygen atoms in total. The number of rotatable bonds is 3. The zero-order valence-electron chi connectivity index (χ0n) is 9.96. The lowest BCUT2D eigenvalue weighted by molar-refractivity contribution is 0.319. The Bertz CT molecular complexity index is 352. The van der Waals surface area contributed by atoms with E-state index in [1.54, 1.807) is 0 Å². The fraction of sp³-hybridized carbons (Fsp3) is 0.571. The summed E-state index contributed by atoms with van der Waals surface area (Å²) in [6.07, 6.45) is 8.04. The van der Waals surface area contributed by atoms with E-state index in [4.69, 9.17) is 5.73 Å². The summed E-state index contributed by atoms with van der Waals surface area (Å²) in [6.45, 7) is 0. The van der Waals surface area contributed by atoms with Crippen molar-refractivity contribution in [2.45, 2.75) is 44.6 Å². The largest absolute Gasteiger partial charge is 0.324 e. The van der Waals surface area contributed by atoms with E-state index in [0.29, 0.717) is 0 Å². The molecule has 3 heteroatoms. The predicted molar refractivity (Wildman–Crippen MR) is 80.0 cm³/mol. The molecule has 1 fully saturated rings. The van der Waals surface area contributed by atoms with Gasteiger partial charge in [-0.2, -0.15) is 0 Å². The van der Waals surface area contributed by atoms with Crippen molar-refractivity contribution >= 4 is 31.9 Å². The van der Waals surface area contributed by atoms with Crippen molar-refractivity contribution in [1.29, 1.82) is 0 Å². The molecule has 0 aliphatic heterocycles. The highest BCUT2D eigenvalue weighted by Crippen LogP contribution is 2.32. The fourth-order valence-electron chi connectivity index (χ4n) is 2.71. The quantitative estimate of drug-likeness (QED) is 0.789. The summed E-state index contributed by atoms with van der Waals surface area (Å²) in [4.78, 5) is 0. The number of nitrogens with two attached hydrogens (primary N) is 1. The molecule has 1 atom stereocenters. The van der Waals surface area contributed by atoms with Crippen LogP contribution in [0.3, 0.4) is 0 Å². The van der Waals surface area contributed by atoms with Gasteiger partial charge in [0.25, 0.3) is 0 Å². The summed E-state index contributed by atoms with van der Waals surface area (Å²) in [6, 6.07) is 6.50. The normalized spacial score (nSPS) is 19.2. The second-order valence-electron chi connectivity index (χ2n) is 5.05. The molecule has 94 valence electrons. The third-order valence-electron chi connectivity index (χ3n) is 3.63. The van der Waals surface area contributed by atoms with Crippen molar-refractivity contribution in [2.75, 3.05) is 0 Å². The minimum Gasteiger partial charge on any atom is -0.324 e. The number of hydrogen-bond donors (Lipinski definition) is 1. The standard InChI is InChI=1S/C14H19Br2N/c15-12-7-11(8-13(16)9-12)14(17)6-10-4-2-1-3-5-10/h7-10,14H,1-6,17H2. The van der Waals surface area contributed by atoms with E-state index in [-0.39, 0.29) is 6.04 Å². The molecule has 0 radical (unpaired) electrons. The van der Waals surface area contributed by atoms with Crippen molar-refractivity contribution in [1.82, 2.24) is 0 Å². The van der Waals surface area contributed by atoms with Gasteiger partial charge >= 0.3 is 0 Å². The number of halogens is 2. The summed E-state index contributed by atoms with van der Waals surface area (Å²) < 4.78 is 2.20. The summed E-state index contributed by atoms with van der Waals surface area (Å²) in [5, 5.41) is 0. The third-order valence-corrected chi connectivity index (χ3v) is 4.54. The monoisotopic (exact) mass is 359 g/mol. The Morgan fingerprint density at radius 2 is 1.65 bits per heavy atom. The van der Waals surface area contributed by atoms with Gasteiger partial charge in [0.1, 0.15) is 0 Å². The van der Waals surface area contributed by atoms with Gasteiger partial charge in [0, 0.05) is 15.0 Å². The topological polar surface area (TPSA) is 26.0 Å². The van der Waals surface area contributed by atoms with Crippen LogP contribution in [-0.4, -0.2) is 0 Å². The molecule has 0 bridgehead atoms. The van der Waals surface area contributed by atoms with Gasteiger partial charge in [-0.25, -0.2) is 0 Å². The van der Waals surface area contributed by atoms with Gasteiger partial charge < -0.3 is 5.73 Å². The van der Waals surface area contributed by atoms with Crippen LogP contribution >= 0.6 is 31.9 Å². The fourth-order valence-corrected chi connectivity index (χ4v) is 4.04. The van der Waals surface area contributed by atoms with Gasteiger partial charge in [-0.3, -0.25) is 0 Å². The molecule has 0 aromatic heterocycles. The van der Waals surface area contributed by atoms with Gasteiger partial charge in [-0.15, -0.1) is 0 Å². The minimum atomic E-state index is 0.173. The zero-order valence-corrected chi connectivity index (χ0v) is 13.1. The Morgan fingerprint density at radius 1 is 1.06 bits per heavy atom. The van der Waals surface area contributed by atoms with E-state index >= 15 is 0 Å². The molecule has 1 aromatic rings. The maximum absolute atomic E-state index is 6.32. The van der Waals surface area contributed by atoms with E-state index in [1.165, 1.54) is 37.7 Å². The van der Waals surface area contributed by atoms with Gasteiger partial charge in [0.05, 0.1) is 0 Å². The molecule has 1 aromatic carbocycles. The van der Waals surface area contributed by atoms with E-state index < -0.39 is 0 Å². The Hall–Kier alpha value is 0.140. The summed E-state index contributed by atoms with van der Waals surface area (Å²) in [7, 11) is 0. The molecule has 0 amide bonds. The van der Waals surface area contributed by atoms with Gasteiger partial charge in [-0.1, -0.05) is 64.0 Å². The predicted octanol–water partition coefficient (Wildman–Crippen LogP) is 5.18. The Morgan fingerprint density at radius 3 is 2.24 bits per heavy atom. The van der Waals surface area contributed by atoms with Crippen LogP contribution in [0.4, 0.5) is 0 Å². The Labute approximate surface area is 120 Å². The van der Waals surface area contributed by atoms with E-state index in [2.05, 4.69) is 50.1 Å². The van der Waals surface area contributed by atoms with Crippen molar-refractivity contribution in [2.24, 2.45) is 11.7 Å². The first-order chi connectivity index (χ1) is 8.15. The first-order valence-electron chi connectivity index (χ1n) is 6.37. The van der Waals surface area contributed by atoms with Crippen LogP contribution < -0.4 is 5.73 Å². The van der Waals surface area contributed by atoms with Crippen molar-refractivity contribution < 1.29 is 0 Å². The van der Waals surface area contributed by atoms with Crippen molar-refractivity contribution in [3.8, 4) is 0 Å². The van der Waals surface area contributed by atoms with Crippen LogP contribution in [0, 0.1) is 5.92 Å². The Balaban J connectivity index is 2.00. The molecule has 1 aliphatic carbocycles. The molecule has 1 unspecified atom stereocenters. The summed E-state index contributed by atoms with van der Waals surface area (Å²) in [5.41, 5.74) is 7.56.